The minimum absolute atomic E-state index is 0.283. The Morgan fingerprint density at radius 1 is 0.966 bits per heavy atom. The molecule has 1 aliphatic rings. The van der Waals surface area contributed by atoms with E-state index in [2.05, 4.69) is 29.9 Å². The van der Waals surface area contributed by atoms with E-state index < -0.39 is 0 Å². The summed E-state index contributed by atoms with van der Waals surface area (Å²) in [6.07, 6.45) is 8.77. The van der Waals surface area contributed by atoms with Gasteiger partial charge in [-0.2, -0.15) is 5.10 Å². The van der Waals surface area contributed by atoms with Crippen molar-refractivity contribution >= 4 is 22.5 Å². The lowest BCUT2D eigenvalue weighted by Gasteiger charge is -2.36. The molecule has 146 valence electrons. The molecule has 0 aliphatic carbocycles. The van der Waals surface area contributed by atoms with Crippen molar-refractivity contribution in [2.75, 3.05) is 36.0 Å². The van der Waals surface area contributed by atoms with E-state index in [1.165, 1.54) is 18.5 Å². The molecule has 0 atom stereocenters. The summed E-state index contributed by atoms with van der Waals surface area (Å²) in [7, 11) is 1.88. The van der Waals surface area contributed by atoms with Crippen molar-refractivity contribution in [2.45, 2.75) is 0 Å². The number of hydrogen-bond acceptors (Lipinski definition) is 7. The Kier molecular flexibility index (Phi) is 4.27. The molecule has 9 heteroatoms. The summed E-state index contributed by atoms with van der Waals surface area (Å²) < 4.78 is 15.5. The molecule has 0 radical (unpaired) electrons. The predicted octanol–water partition coefficient (Wildman–Crippen LogP) is 2.29. The first-order chi connectivity index (χ1) is 14.2. The molecule has 0 unspecified atom stereocenters. The Morgan fingerprint density at radius 3 is 2.59 bits per heavy atom. The molecule has 1 fully saturated rings. The highest BCUT2D eigenvalue weighted by molar-refractivity contribution is 5.89. The van der Waals surface area contributed by atoms with E-state index in [0.717, 1.165) is 60.0 Å². The maximum atomic E-state index is 13.7. The van der Waals surface area contributed by atoms with Crippen molar-refractivity contribution in [3.05, 3.63) is 55.1 Å². The van der Waals surface area contributed by atoms with Crippen LogP contribution < -0.4 is 9.80 Å². The van der Waals surface area contributed by atoms with Crippen LogP contribution in [0.2, 0.25) is 0 Å². The Bertz CT molecular complexity index is 1170. The van der Waals surface area contributed by atoms with Crippen LogP contribution in [0.5, 0.6) is 0 Å². The number of halogens is 1. The molecule has 3 aromatic heterocycles. The third kappa shape index (κ3) is 3.35. The maximum absolute atomic E-state index is 13.7. The Hall–Kier alpha value is -3.62. The number of fused-ring (bicyclic) bond motifs is 1. The van der Waals surface area contributed by atoms with Gasteiger partial charge in [0.1, 0.15) is 23.8 Å². The largest absolute Gasteiger partial charge is 0.352 e. The van der Waals surface area contributed by atoms with Gasteiger partial charge in [-0.3, -0.25) is 9.67 Å². The fraction of sp³-hybridized carbons (Fsp3) is 0.250. The molecule has 0 spiro atoms. The zero-order valence-corrected chi connectivity index (χ0v) is 15.9. The van der Waals surface area contributed by atoms with Crippen molar-refractivity contribution in [3.8, 4) is 11.3 Å². The van der Waals surface area contributed by atoms with Gasteiger partial charge in [0.15, 0.2) is 0 Å². The average Bonchev–Trinajstić information content (AvgIpc) is 3.20. The second-order valence-corrected chi connectivity index (χ2v) is 7.00. The van der Waals surface area contributed by atoms with E-state index >= 15 is 0 Å². The van der Waals surface area contributed by atoms with E-state index in [1.54, 1.807) is 29.3 Å². The number of aromatic nitrogens is 6. The van der Waals surface area contributed by atoms with Gasteiger partial charge in [-0.05, 0) is 18.2 Å². The van der Waals surface area contributed by atoms with Crippen molar-refractivity contribution in [2.24, 2.45) is 7.05 Å². The quantitative estimate of drug-likeness (QED) is 0.531. The molecule has 1 aromatic carbocycles. The predicted molar refractivity (Wildman–Crippen MR) is 108 cm³/mol. The molecular formula is C20H19FN8. The molecule has 4 aromatic rings. The Balaban J connectivity index is 1.36. The van der Waals surface area contributed by atoms with Crippen LogP contribution in [-0.2, 0) is 7.05 Å². The lowest BCUT2D eigenvalue weighted by molar-refractivity contribution is 0.628. The van der Waals surface area contributed by atoms with Crippen molar-refractivity contribution < 1.29 is 4.39 Å². The average molecular weight is 390 g/mol. The van der Waals surface area contributed by atoms with Crippen LogP contribution in [0.15, 0.2) is 49.3 Å². The number of piperazine rings is 1. The summed E-state index contributed by atoms with van der Waals surface area (Å²) in [6, 6.07) is 4.61. The molecule has 29 heavy (non-hydrogen) atoms. The van der Waals surface area contributed by atoms with Gasteiger partial charge < -0.3 is 9.80 Å². The summed E-state index contributed by atoms with van der Waals surface area (Å²) in [4.78, 5) is 22.1. The van der Waals surface area contributed by atoms with Crippen molar-refractivity contribution in [3.63, 3.8) is 0 Å². The minimum atomic E-state index is -0.283. The number of nitrogens with zero attached hydrogens (tertiary/aromatic N) is 8. The lowest BCUT2D eigenvalue weighted by Crippen LogP contribution is -2.47. The van der Waals surface area contributed by atoms with Gasteiger partial charge >= 0.3 is 0 Å². The molecular weight excluding hydrogens is 371 g/mol. The van der Waals surface area contributed by atoms with Gasteiger partial charge in [0, 0.05) is 50.4 Å². The molecule has 4 heterocycles. The van der Waals surface area contributed by atoms with Crippen molar-refractivity contribution in [1.82, 2.24) is 29.7 Å². The first kappa shape index (κ1) is 17.5. The smallest absolute Gasteiger partial charge is 0.147 e. The summed E-state index contributed by atoms with van der Waals surface area (Å²) in [5, 5.41) is 4.94. The first-order valence-corrected chi connectivity index (χ1v) is 9.38. The molecule has 1 aliphatic heterocycles. The van der Waals surface area contributed by atoms with Crippen LogP contribution in [0, 0.1) is 5.82 Å². The van der Waals surface area contributed by atoms with Crippen LogP contribution in [0.4, 0.5) is 16.0 Å². The van der Waals surface area contributed by atoms with Crippen LogP contribution in [-0.4, -0.2) is 55.9 Å². The van der Waals surface area contributed by atoms with Crippen LogP contribution >= 0.6 is 0 Å². The maximum Gasteiger partial charge on any atom is 0.147 e. The molecule has 0 N–H and O–H groups in total. The highest BCUT2D eigenvalue weighted by atomic mass is 19.1. The van der Waals surface area contributed by atoms with Gasteiger partial charge in [-0.15, -0.1) is 0 Å². The standard InChI is InChI=1S/C20H19FN8/c1-27-12-14(9-25-27)18-10-22-11-19(26-18)28-4-6-29(7-5-28)20-16-8-15(21)2-3-17(16)23-13-24-20/h2-3,8-13H,4-7H2,1H3. The third-order valence-corrected chi connectivity index (χ3v) is 5.10. The van der Waals surface area contributed by atoms with Gasteiger partial charge in [-0.25, -0.2) is 19.3 Å². The van der Waals surface area contributed by atoms with Gasteiger partial charge in [-0.1, -0.05) is 0 Å². The molecule has 0 bridgehead atoms. The number of rotatable bonds is 3. The minimum Gasteiger partial charge on any atom is -0.352 e. The lowest BCUT2D eigenvalue weighted by atomic mass is 10.2. The second kappa shape index (κ2) is 7.08. The van der Waals surface area contributed by atoms with Crippen LogP contribution in [0.3, 0.4) is 0 Å². The van der Waals surface area contributed by atoms with Crippen LogP contribution in [0.1, 0.15) is 0 Å². The highest BCUT2D eigenvalue weighted by Crippen LogP contribution is 2.26. The van der Waals surface area contributed by atoms with Gasteiger partial charge in [0.2, 0.25) is 0 Å². The Labute approximate surface area is 166 Å². The summed E-state index contributed by atoms with van der Waals surface area (Å²) in [6.45, 7) is 3.04. The molecule has 1 saturated heterocycles. The topological polar surface area (TPSA) is 75.9 Å². The normalized spacial score (nSPS) is 14.6. The fourth-order valence-electron chi connectivity index (χ4n) is 3.62. The molecule has 5 rings (SSSR count). The highest BCUT2D eigenvalue weighted by Gasteiger charge is 2.21. The van der Waals surface area contributed by atoms with E-state index in [1.807, 2.05) is 13.2 Å². The van der Waals surface area contributed by atoms with Gasteiger partial charge in [0.05, 0.1) is 29.8 Å². The number of hydrogen-bond donors (Lipinski definition) is 0. The summed E-state index contributed by atoms with van der Waals surface area (Å²) in [5.74, 6) is 1.32. The Morgan fingerprint density at radius 2 is 1.79 bits per heavy atom. The zero-order valence-electron chi connectivity index (χ0n) is 15.9. The third-order valence-electron chi connectivity index (χ3n) is 5.10. The summed E-state index contributed by atoms with van der Waals surface area (Å²) >= 11 is 0. The van der Waals surface area contributed by atoms with Crippen LogP contribution in [0.25, 0.3) is 22.2 Å². The molecule has 0 saturated carbocycles. The van der Waals surface area contributed by atoms with Gasteiger partial charge in [0.25, 0.3) is 0 Å². The van der Waals surface area contributed by atoms with E-state index in [4.69, 9.17) is 4.98 Å². The fourth-order valence-corrected chi connectivity index (χ4v) is 3.62. The second-order valence-electron chi connectivity index (χ2n) is 7.00. The SMILES string of the molecule is Cn1cc(-c2cncc(N3CCN(c4ncnc5ccc(F)cc45)CC3)n2)cn1. The zero-order chi connectivity index (χ0) is 19.8. The number of aryl methyl sites for hydroxylation is 1. The van der Waals surface area contributed by atoms with E-state index in [9.17, 15) is 4.39 Å². The summed E-state index contributed by atoms with van der Waals surface area (Å²) in [5.41, 5.74) is 2.49. The first-order valence-electron chi connectivity index (χ1n) is 9.38. The van der Waals surface area contributed by atoms with Crippen molar-refractivity contribution in [1.29, 1.82) is 0 Å². The van der Waals surface area contributed by atoms with E-state index in [-0.39, 0.29) is 5.82 Å². The monoisotopic (exact) mass is 390 g/mol. The molecule has 0 amide bonds. The number of anilines is 2. The number of benzene rings is 1. The molecule has 8 nitrogen and oxygen atoms in total. The van der Waals surface area contributed by atoms with E-state index in [0.29, 0.717) is 0 Å².